The van der Waals surface area contributed by atoms with E-state index in [9.17, 15) is 8.78 Å². The molecule has 0 spiro atoms. The molecule has 1 aliphatic carbocycles. The standard InChI is InChI=1S/C14H15F2N3/c15-14(16)9-19-8-11(7-17-19)18-13-6-5-10-3-1-2-4-12(10)13/h1-4,7-8,13-14,18H,5-6,9H2/t13-/m0/s1. The Morgan fingerprint density at radius 3 is 3.05 bits per heavy atom. The Hall–Kier alpha value is -1.91. The summed E-state index contributed by atoms with van der Waals surface area (Å²) in [6, 6.07) is 8.57. The molecule has 1 N–H and O–H groups in total. The van der Waals surface area contributed by atoms with Crippen LogP contribution in [0.4, 0.5) is 14.5 Å². The molecule has 3 rings (SSSR count). The lowest BCUT2D eigenvalue weighted by molar-refractivity contribution is 0.122. The Kier molecular flexibility index (Phi) is 3.19. The van der Waals surface area contributed by atoms with Gasteiger partial charge in [-0.3, -0.25) is 4.68 Å². The predicted octanol–water partition coefficient (Wildman–Crippen LogP) is 3.25. The first-order valence-electron chi connectivity index (χ1n) is 6.37. The van der Waals surface area contributed by atoms with E-state index in [1.807, 2.05) is 12.1 Å². The van der Waals surface area contributed by atoms with Crippen LogP contribution in [0.2, 0.25) is 0 Å². The number of aromatic nitrogens is 2. The van der Waals surface area contributed by atoms with Gasteiger partial charge in [0.15, 0.2) is 0 Å². The fraction of sp³-hybridized carbons (Fsp3) is 0.357. The monoisotopic (exact) mass is 263 g/mol. The zero-order valence-corrected chi connectivity index (χ0v) is 10.4. The highest BCUT2D eigenvalue weighted by atomic mass is 19.3. The molecule has 0 amide bonds. The van der Waals surface area contributed by atoms with Crippen LogP contribution in [-0.2, 0) is 13.0 Å². The van der Waals surface area contributed by atoms with Crippen molar-refractivity contribution in [1.29, 1.82) is 0 Å². The molecular formula is C14H15F2N3. The number of aryl methyl sites for hydroxylation is 1. The number of nitrogens with one attached hydrogen (secondary N) is 1. The minimum absolute atomic E-state index is 0.250. The van der Waals surface area contributed by atoms with E-state index >= 15 is 0 Å². The highest BCUT2D eigenvalue weighted by molar-refractivity contribution is 5.45. The van der Waals surface area contributed by atoms with Gasteiger partial charge in [0.1, 0.15) is 6.54 Å². The second-order valence-corrected chi connectivity index (χ2v) is 4.78. The molecule has 1 aromatic heterocycles. The van der Waals surface area contributed by atoms with E-state index in [4.69, 9.17) is 0 Å². The molecule has 100 valence electrons. The van der Waals surface area contributed by atoms with Gasteiger partial charge in [-0.15, -0.1) is 0 Å². The van der Waals surface area contributed by atoms with Gasteiger partial charge >= 0.3 is 0 Å². The largest absolute Gasteiger partial charge is 0.376 e. The van der Waals surface area contributed by atoms with Crippen molar-refractivity contribution in [2.45, 2.75) is 31.9 Å². The maximum Gasteiger partial charge on any atom is 0.257 e. The third kappa shape index (κ3) is 2.59. The fourth-order valence-corrected chi connectivity index (χ4v) is 2.59. The summed E-state index contributed by atoms with van der Waals surface area (Å²) in [5, 5.41) is 7.29. The summed E-state index contributed by atoms with van der Waals surface area (Å²) in [5.41, 5.74) is 3.45. The van der Waals surface area contributed by atoms with E-state index in [-0.39, 0.29) is 12.6 Å². The predicted molar refractivity (Wildman–Crippen MR) is 69.4 cm³/mol. The topological polar surface area (TPSA) is 29.9 Å². The van der Waals surface area contributed by atoms with Crippen LogP contribution in [0.5, 0.6) is 0 Å². The van der Waals surface area contributed by atoms with Crippen LogP contribution in [0.3, 0.4) is 0 Å². The van der Waals surface area contributed by atoms with Crippen molar-refractivity contribution in [3.8, 4) is 0 Å². The highest BCUT2D eigenvalue weighted by Crippen LogP contribution is 2.33. The van der Waals surface area contributed by atoms with E-state index in [1.165, 1.54) is 15.8 Å². The van der Waals surface area contributed by atoms with Crippen LogP contribution >= 0.6 is 0 Å². The first kappa shape index (κ1) is 12.1. The number of halogens is 2. The lowest BCUT2D eigenvalue weighted by atomic mass is 10.1. The first-order chi connectivity index (χ1) is 9.22. The molecule has 0 aliphatic heterocycles. The minimum atomic E-state index is -2.38. The summed E-state index contributed by atoms with van der Waals surface area (Å²) >= 11 is 0. The van der Waals surface area contributed by atoms with Crippen molar-refractivity contribution in [1.82, 2.24) is 9.78 Å². The summed E-state index contributed by atoms with van der Waals surface area (Å²) in [5.74, 6) is 0. The highest BCUT2D eigenvalue weighted by Gasteiger charge is 2.21. The molecular weight excluding hydrogens is 248 g/mol. The van der Waals surface area contributed by atoms with Crippen LogP contribution in [0.25, 0.3) is 0 Å². The Labute approximate surface area is 110 Å². The zero-order chi connectivity index (χ0) is 13.2. The number of benzene rings is 1. The number of rotatable bonds is 4. The van der Waals surface area contributed by atoms with E-state index in [2.05, 4.69) is 22.5 Å². The number of fused-ring (bicyclic) bond motifs is 1. The van der Waals surface area contributed by atoms with Crippen molar-refractivity contribution in [3.63, 3.8) is 0 Å². The molecule has 0 saturated carbocycles. The van der Waals surface area contributed by atoms with E-state index in [0.717, 1.165) is 18.5 Å². The minimum Gasteiger partial charge on any atom is -0.376 e. The van der Waals surface area contributed by atoms with E-state index in [0.29, 0.717) is 0 Å². The smallest absolute Gasteiger partial charge is 0.257 e. The van der Waals surface area contributed by atoms with Gasteiger partial charge < -0.3 is 5.32 Å². The summed E-state index contributed by atoms with van der Waals surface area (Å²) in [6.45, 7) is -0.358. The number of hydrogen-bond donors (Lipinski definition) is 1. The summed E-state index contributed by atoms with van der Waals surface area (Å²) in [6.07, 6.45) is 2.94. The van der Waals surface area contributed by atoms with Crippen molar-refractivity contribution in [2.75, 3.05) is 5.32 Å². The van der Waals surface area contributed by atoms with Crippen molar-refractivity contribution >= 4 is 5.69 Å². The normalized spacial score (nSPS) is 17.7. The molecule has 0 saturated heterocycles. The summed E-state index contributed by atoms with van der Waals surface area (Å²) in [4.78, 5) is 0. The second kappa shape index (κ2) is 4.99. The van der Waals surface area contributed by atoms with Crippen LogP contribution in [0.1, 0.15) is 23.6 Å². The molecule has 19 heavy (non-hydrogen) atoms. The lowest BCUT2D eigenvalue weighted by Gasteiger charge is -2.13. The molecule has 0 radical (unpaired) electrons. The molecule has 5 heteroatoms. The average Bonchev–Trinajstić information content (AvgIpc) is 2.97. The van der Waals surface area contributed by atoms with Gasteiger partial charge in [0.2, 0.25) is 0 Å². The molecule has 1 atom stereocenters. The molecule has 1 heterocycles. The maximum atomic E-state index is 12.3. The van der Waals surface area contributed by atoms with Crippen molar-refractivity contribution in [3.05, 3.63) is 47.8 Å². The van der Waals surface area contributed by atoms with Crippen molar-refractivity contribution in [2.24, 2.45) is 0 Å². The van der Waals surface area contributed by atoms with Gasteiger partial charge in [-0.05, 0) is 24.0 Å². The maximum absolute atomic E-state index is 12.3. The quantitative estimate of drug-likeness (QED) is 0.917. The van der Waals surface area contributed by atoms with Gasteiger partial charge in [0.05, 0.1) is 17.9 Å². The SMILES string of the molecule is FC(F)Cn1cc(N[C@H]2CCc3ccccc32)cn1. The average molecular weight is 263 g/mol. The van der Waals surface area contributed by atoms with Crippen molar-refractivity contribution < 1.29 is 8.78 Å². The Bertz CT molecular complexity index is 565. The summed E-state index contributed by atoms with van der Waals surface area (Å²) in [7, 11) is 0. The number of alkyl halides is 2. The number of hydrogen-bond acceptors (Lipinski definition) is 2. The Balaban J connectivity index is 1.71. The van der Waals surface area contributed by atoms with Gasteiger partial charge in [-0.1, -0.05) is 24.3 Å². The first-order valence-corrected chi connectivity index (χ1v) is 6.37. The Morgan fingerprint density at radius 2 is 2.21 bits per heavy atom. The van der Waals surface area contributed by atoms with E-state index < -0.39 is 6.43 Å². The summed E-state index contributed by atoms with van der Waals surface area (Å²) < 4.78 is 25.8. The van der Waals surface area contributed by atoms with Gasteiger partial charge in [0, 0.05) is 6.20 Å². The molecule has 2 aromatic rings. The van der Waals surface area contributed by atoms with Crippen LogP contribution < -0.4 is 5.32 Å². The van der Waals surface area contributed by atoms with E-state index in [1.54, 1.807) is 12.4 Å². The number of nitrogens with zero attached hydrogens (tertiary/aromatic N) is 2. The third-order valence-corrected chi connectivity index (χ3v) is 3.43. The van der Waals surface area contributed by atoms with Crippen LogP contribution in [-0.4, -0.2) is 16.2 Å². The Morgan fingerprint density at radius 1 is 1.37 bits per heavy atom. The fourth-order valence-electron chi connectivity index (χ4n) is 2.59. The molecule has 0 bridgehead atoms. The second-order valence-electron chi connectivity index (χ2n) is 4.78. The van der Waals surface area contributed by atoms with Gasteiger partial charge in [-0.25, -0.2) is 8.78 Å². The molecule has 3 nitrogen and oxygen atoms in total. The molecule has 1 aromatic carbocycles. The molecule has 0 fully saturated rings. The van der Waals surface area contributed by atoms with Gasteiger partial charge in [-0.2, -0.15) is 5.10 Å². The van der Waals surface area contributed by atoms with Gasteiger partial charge in [0.25, 0.3) is 6.43 Å². The lowest BCUT2D eigenvalue weighted by Crippen LogP contribution is -2.08. The van der Waals surface area contributed by atoms with Crippen LogP contribution in [0.15, 0.2) is 36.7 Å². The number of anilines is 1. The molecule has 0 unspecified atom stereocenters. The third-order valence-electron chi connectivity index (χ3n) is 3.43. The van der Waals surface area contributed by atoms with Crippen LogP contribution in [0, 0.1) is 0 Å². The molecule has 1 aliphatic rings. The zero-order valence-electron chi connectivity index (χ0n) is 10.4.